The van der Waals surface area contributed by atoms with Crippen LogP contribution in [0.25, 0.3) is 0 Å². The summed E-state index contributed by atoms with van der Waals surface area (Å²) in [5, 5.41) is 2.86. The van der Waals surface area contributed by atoms with Crippen LogP contribution in [0.15, 0.2) is 48.5 Å². The lowest BCUT2D eigenvalue weighted by atomic mass is 10.1. The third kappa shape index (κ3) is 4.90. The van der Waals surface area contributed by atoms with E-state index in [9.17, 15) is 4.79 Å². The molecule has 0 saturated heterocycles. The number of carbonyl (C=O) groups is 1. The SMILES string of the molecule is CCOCCOc1ccc(NC(=O)c2ccc(C)cc2)cc1. The van der Waals surface area contributed by atoms with Crippen molar-refractivity contribution in [3.05, 3.63) is 59.7 Å². The van der Waals surface area contributed by atoms with E-state index in [-0.39, 0.29) is 5.91 Å². The van der Waals surface area contributed by atoms with Crippen molar-refractivity contribution in [1.82, 2.24) is 0 Å². The van der Waals surface area contributed by atoms with E-state index in [1.54, 1.807) is 0 Å². The summed E-state index contributed by atoms with van der Waals surface area (Å²) in [4.78, 5) is 12.1. The smallest absolute Gasteiger partial charge is 0.255 e. The van der Waals surface area contributed by atoms with Crippen molar-refractivity contribution in [3.8, 4) is 5.75 Å². The van der Waals surface area contributed by atoms with Crippen molar-refractivity contribution in [3.63, 3.8) is 0 Å². The van der Waals surface area contributed by atoms with E-state index in [0.717, 1.165) is 17.0 Å². The molecule has 0 fully saturated rings. The van der Waals surface area contributed by atoms with Gasteiger partial charge in [-0.25, -0.2) is 0 Å². The molecule has 0 aliphatic carbocycles. The first-order valence-corrected chi connectivity index (χ1v) is 7.37. The third-order valence-electron chi connectivity index (χ3n) is 3.13. The fraction of sp³-hybridized carbons (Fsp3) is 0.278. The molecular formula is C18H21NO3. The number of benzene rings is 2. The highest BCUT2D eigenvalue weighted by Crippen LogP contribution is 2.16. The molecule has 4 nitrogen and oxygen atoms in total. The zero-order chi connectivity index (χ0) is 15.8. The average molecular weight is 299 g/mol. The van der Waals surface area contributed by atoms with E-state index >= 15 is 0 Å². The van der Waals surface area contributed by atoms with Crippen LogP contribution in [0.5, 0.6) is 5.75 Å². The van der Waals surface area contributed by atoms with Crippen LogP contribution < -0.4 is 10.1 Å². The van der Waals surface area contributed by atoms with Crippen molar-refractivity contribution in [2.75, 3.05) is 25.1 Å². The first kappa shape index (κ1) is 16.0. The Labute approximate surface area is 131 Å². The van der Waals surface area contributed by atoms with Gasteiger partial charge in [0.05, 0.1) is 6.61 Å². The van der Waals surface area contributed by atoms with Crippen LogP contribution in [0.4, 0.5) is 5.69 Å². The minimum Gasteiger partial charge on any atom is -0.491 e. The first-order chi connectivity index (χ1) is 10.7. The number of ether oxygens (including phenoxy) is 2. The number of carbonyl (C=O) groups excluding carboxylic acids is 1. The fourth-order valence-electron chi connectivity index (χ4n) is 1.91. The molecule has 0 aromatic heterocycles. The lowest BCUT2D eigenvalue weighted by Gasteiger charge is -2.08. The molecule has 116 valence electrons. The van der Waals surface area contributed by atoms with Crippen molar-refractivity contribution < 1.29 is 14.3 Å². The zero-order valence-electron chi connectivity index (χ0n) is 13.0. The van der Waals surface area contributed by atoms with Crippen LogP contribution >= 0.6 is 0 Å². The lowest BCUT2D eigenvalue weighted by molar-refractivity contribution is 0.102. The molecule has 22 heavy (non-hydrogen) atoms. The highest BCUT2D eigenvalue weighted by atomic mass is 16.5. The van der Waals surface area contributed by atoms with Gasteiger partial charge in [0.1, 0.15) is 12.4 Å². The predicted octanol–water partition coefficient (Wildman–Crippen LogP) is 3.66. The minimum atomic E-state index is -0.120. The molecule has 2 aromatic carbocycles. The van der Waals surface area contributed by atoms with Gasteiger partial charge >= 0.3 is 0 Å². The van der Waals surface area contributed by atoms with Gasteiger partial charge in [-0.1, -0.05) is 17.7 Å². The first-order valence-electron chi connectivity index (χ1n) is 7.37. The van der Waals surface area contributed by atoms with Gasteiger partial charge in [-0.2, -0.15) is 0 Å². The zero-order valence-corrected chi connectivity index (χ0v) is 13.0. The Bertz CT molecular complexity index is 591. The molecule has 0 saturated carbocycles. The summed E-state index contributed by atoms with van der Waals surface area (Å²) in [6.45, 7) is 5.72. The number of nitrogens with one attached hydrogen (secondary N) is 1. The second-order valence-corrected chi connectivity index (χ2v) is 4.89. The van der Waals surface area contributed by atoms with E-state index in [0.29, 0.717) is 25.4 Å². The van der Waals surface area contributed by atoms with Crippen LogP contribution in [0, 0.1) is 6.92 Å². The number of rotatable bonds is 7. The van der Waals surface area contributed by atoms with Crippen molar-refractivity contribution >= 4 is 11.6 Å². The van der Waals surface area contributed by atoms with Crippen LogP contribution in [-0.4, -0.2) is 25.7 Å². The molecule has 4 heteroatoms. The van der Waals surface area contributed by atoms with E-state index in [1.807, 2.05) is 62.4 Å². The molecule has 1 amide bonds. The molecule has 1 N–H and O–H groups in total. The van der Waals surface area contributed by atoms with Crippen molar-refractivity contribution in [2.24, 2.45) is 0 Å². The summed E-state index contributed by atoms with van der Waals surface area (Å²) < 4.78 is 10.7. The van der Waals surface area contributed by atoms with E-state index < -0.39 is 0 Å². The Hall–Kier alpha value is -2.33. The van der Waals surface area contributed by atoms with E-state index in [4.69, 9.17) is 9.47 Å². The Morgan fingerprint density at radius 2 is 1.68 bits per heavy atom. The Morgan fingerprint density at radius 1 is 1.00 bits per heavy atom. The fourth-order valence-corrected chi connectivity index (χ4v) is 1.91. The van der Waals surface area contributed by atoms with Gasteiger partial charge in [0, 0.05) is 17.9 Å². The highest BCUT2D eigenvalue weighted by molar-refractivity contribution is 6.04. The number of anilines is 1. The van der Waals surface area contributed by atoms with Crippen molar-refractivity contribution in [1.29, 1.82) is 0 Å². The summed E-state index contributed by atoms with van der Waals surface area (Å²) in [7, 11) is 0. The summed E-state index contributed by atoms with van der Waals surface area (Å²) >= 11 is 0. The monoisotopic (exact) mass is 299 g/mol. The molecule has 0 unspecified atom stereocenters. The lowest BCUT2D eigenvalue weighted by Crippen LogP contribution is -2.11. The molecule has 0 atom stereocenters. The van der Waals surface area contributed by atoms with Gasteiger partial charge in [-0.3, -0.25) is 4.79 Å². The maximum atomic E-state index is 12.1. The van der Waals surface area contributed by atoms with Crippen LogP contribution in [-0.2, 0) is 4.74 Å². The van der Waals surface area contributed by atoms with Gasteiger partial charge < -0.3 is 14.8 Å². The minimum absolute atomic E-state index is 0.120. The Kier molecular flexibility index (Phi) is 5.98. The van der Waals surface area contributed by atoms with E-state index in [1.165, 1.54) is 0 Å². The highest BCUT2D eigenvalue weighted by Gasteiger charge is 2.05. The van der Waals surface area contributed by atoms with Gasteiger partial charge in [0.25, 0.3) is 5.91 Å². The van der Waals surface area contributed by atoms with Gasteiger partial charge in [0.15, 0.2) is 0 Å². The maximum absolute atomic E-state index is 12.1. The number of amides is 1. The van der Waals surface area contributed by atoms with Crippen LogP contribution in [0.1, 0.15) is 22.8 Å². The number of hydrogen-bond acceptors (Lipinski definition) is 3. The molecule has 0 bridgehead atoms. The molecular weight excluding hydrogens is 278 g/mol. The average Bonchev–Trinajstić information content (AvgIpc) is 2.54. The predicted molar refractivity (Wildman–Crippen MR) is 87.6 cm³/mol. The van der Waals surface area contributed by atoms with Crippen LogP contribution in [0.2, 0.25) is 0 Å². The summed E-state index contributed by atoms with van der Waals surface area (Å²) in [5.41, 5.74) is 2.51. The molecule has 0 radical (unpaired) electrons. The summed E-state index contributed by atoms with van der Waals surface area (Å²) in [6, 6.07) is 14.8. The largest absolute Gasteiger partial charge is 0.491 e. The van der Waals surface area contributed by atoms with E-state index in [2.05, 4.69) is 5.32 Å². The molecule has 0 aliphatic rings. The quantitative estimate of drug-likeness (QED) is 0.794. The third-order valence-corrected chi connectivity index (χ3v) is 3.13. The molecule has 2 aromatic rings. The number of hydrogen-bond donors (Lipinski definition) is 1. The molecule has 0 heterocycles. The van der Waals surface area contributed by atoms with Gasteiger partial charge in [-0.05, 0) is 50.2 Å². The topological polar surface area (TPSA) is 47.6 Å². The normalized spacial score (nSPS) is 10.3. The second kappa shape index (κ2) is 8.20. The second-order valence-electron chi connectivity index (χ2n) is 4.89. The summed E-state index contributed by atoms with van der Waals surface area (Å²) in [5.74, 6) is 0.637. The Morgan fingerprint density at radius 3 is 2.32 bits per heavy atom. The van der Waals surface area contributed by atoms with Crippen LogP contribution in [0.3, 0.4) is 0 Å². The number of aryl methyl sites for hydroxylation is 1. The molecule has 0 spiro atoms. The standard InChI is InChI=1S/C18H21NO3/c1-3-21-12-13-22-17-10-8-16(9-11-17)19-18(20)15-6-4-14(2)5-7-15/h4-11H,3,12-13H2,1-2H3,(H,19,20). The molecule has 0 aliphatic heterocycles. The van der Waals surface area contributed by atoms with Gasteiger partial charge in [0.2, 0.25) is 0 Å². The van der Waals surface area contributed by atoms with Crippen molar-refractivity contribution in [2.45, 2.75) is 13.8 Å². The van der Waals surface area contributed by atoms with Gasteiger partial charge in [-0.15, -0.1) is 0 Å². The molecule has 2 rings (SSSR count). The maximum Gasteiger partial charge on any atom is 0.255 e. The summed E-state index contributed by atoms with van der Waals surface area (Å²) in [6.07, 6.45) is 0. The Balaban J connectivity index is 1.88.